The van der Waals surface area contributed by atoms with Gasteiger partial charge in [0.2, 0.25) is 0 Å². The molecule has 0 saturated heterocycles. The number of hydrogen-bond acceptors (Lipinski definition) is 1. The minimum absolute atomic E-state index is 0.357. The van der Waals surface area contributed by atoms with Crippen LogP contribution in [0.2, 0.25) is 0 Å². The van der Waals surface area contributed by atoms with E-state index in [1.54, 1.807) is 0 Å². The number of benzene rings is 1. The van der Waals surface area contributed by atoms with Gasteiger partial charge in [-0.05, 0) is 73.2 Å². The van der Waals surface area contributed by atoms with Crippen LogP contribution in [-0.4, -0.2) is 6.04 Å². The highest BCUT2D eigenvalue weighted by Gasteiger charge is 2.57. The SMILES string of the molecule is CC12CC3CC(C1)CC(C(N)Cc1ccccc1)(C3)C2. The van der Waals surface area contributed by atoms with Crippen LogP contribution in [0.1, 0.15) is 51.0 Å². The van der Waals surface area contributed by atoms with Crippen molar-refractivity contribution in [3.63, 3.8) is 0 Å². The molecular weight excluding hydrogens is 242 g/mol. The lowest BCUT2D eigenvalue weighted by Crippen LogP contribution is -2.58. The summed E-state index contributed by atoms with van der Waals surface area (Å²) in [5, 5.41) is 0. The molecule has 1 nitrogen and oxygen atoms in total. The lowest BCUT2D eigenvalue weighted by atomic mass is 9.43. The summed E-state index contributed by atoms with van der Waals surface area (Å²) in [6, 6.07) is 11.2. The highest BCUT2D eigenvalue weighted by Crippen LogP contribution is 2.66. The Labute approximate surface area is 122 Å². The molecule has 4 bridgehead atoms. The van der Waals surface area contributed by atoms with Gasteiger partial charge in [-0.3, -0.25) is 0 Å². The van der Waals surface area contributed by atoms with E-state index in [2.05, 4.69) is 37.3 Å². The second-order valence-corrected chi connectivity index (χ2v) is 8.43. The van der Waals surface area contributed by atoms with Crippen molar-refractivity contribution >= 4 is 0 Å². The van der Waals surface area contributed by atoms with Crippen LogP contribution in [0, 0.1) is 22.7 Å². The van der Waals surface area contributed by atoms with E-state index >= 15 is 0 Å². The van der Waals surface area contributed by atoms with Crippen molar-refractivity contribution in [3.05, 3.63) is 35.9 Å². The Morgan fingerprint density at radius 1 is 1.10 bits per heavy atom. The summed E-state index contributed by atoms with van der Waals surface area (Å²) in [5.74, 6) is 1.95. The molecule has 20 heavy (non-hydrogen) atoms. The van der Waals surface area contributed by atoms with Crippen LogP contribution < -0.4 is 5.73 Å². The van der Waals surface area contributed by atoms with Gasteiger partial charge in [-0.1, -0.05) is 37.3 Å². The van der Waals surface area contributed by atoms with Crippen LogP contribution >= 0.6 is 0 Å². The van der Waals surface area contributed by atoms with Crippen LogP contribution in [0.25, 0.3) is 0 Å². The molecule has 4 fully saturated rings. The van der Waals surface area contributed by atoms with Crippen molar-refractivity contribution in [2.75, 3.05) is 0 Å². The van der Waals surface area contributed by atoms with E-state index in [4.69, 9.17) is 5.73 Å². The highest BCUT2D eigenvalue weighted by molar-refractivity contribution is 5.18. The summed E-state index contributed by atoms with van der Waals surface area (Å²) in [7, 11) is 0. The third kappa shape index (κ3) is 2.02. The van der Waals surface area contributed by atoms with Gasteiger partial charge < -0.3 is 5.73 Å². The van der Waals surface area contributed by atoms with Crippen LogP contribution in [0.4, 0.5) is 0 Å². The standard InChI is InChI=1S/C19H27N/c1-18-9-15-7-16(10-18)12-19(11-15,13-18)17(20)8-14-5-3-2-4-6-14/h2-6,15-17H,7-13,20H2,1H3. The fraction of sp³-hybridized carbons (Fsp3) is 0.684. The van der Waals surface area contributed by atoms with Gasteiger partial charge in [0.15, 0.2) is 0 Å². The predicted molar refractivity (Wildman–Crippen MR) is 83.3 cm³/mol. The Morgan fingerprint density at radius 2 is 1.75 bits per heavy atom. The molecule has 0 aromatic heterocycles. The van der Waals surface area contributed by atoms with Gasteiger partial charge >= 0.3 is 0 Å². The fourth-order valence-corrected chi connectivity index (χ4v) is 6.32. The van der Waals surface area contributed by atoms with Crippen LogP contribution in [0.5, 0.6) is 0 Å². The highest BCUT2D eigenvalue weighted by atomic mass is 14.7. The molecule has 1 aromatic carbocycles. The first-order valence-electron chi connectivity index (χ1n) is 8.37. The molecule has 1 aromatic rings. The number of rotatable bonds is 3. The van der Waals surface area contributed by atoms with Crippen molar-refractivity contribution in [1.29, 1.82) is 0 Å². The maximum absolute atomic E-state index is 6.76. The summed E-state index contributed by atoms with van der Waals surface area (Å²) in [6.07, 6.45) is 9.72. The molecule has 1 heteroatoms. The molecule has 0 spiro atoms. The maximum atomic E-state index is 6.76. The zero-order chi connectivity index (χ0) is 13.8. The average Bonchev–Trinajstić information content (AvgIpc) is 2.37. The molecule has 0 radical (unpaired) electrons. The molecule has 5 rings (SSSR count). The first kappa shape index (κ1) is 12.9. The second-order valence-electron chi connectivity index (χ2n) is 8.43. The Kier molecular flexibility index (Phi) is 2.79. The van der Waals surface area contributed by atoms with Crippen molar-refractivity contribution in [1.82, 2.24) is 0 Å². The quantitative estimate of drug-likeness (QED) is 0.876. The molecule has 4 aliphatic carbocycles. The first-order chi connectivity index (χ1) is 9.57. The fourth-order valence-electron chi connectivity index (χ4n) is 6.32. The van der Waals surface area contributed by atoms with Gasteiger partial charge in [0.25, 0.3) is 0 Å². The van der Waals surface area contributed by atoms with E-state index in [0.717, 1.165) is 18.3 Å². The van der Waals surface area contributed by atoms with Gasteiger partial charge in [0, 0.05) is 6.04 Å². The summed E-state index contributed by atoms with van der Waals surface area (Å²) in [6.45, 7) is 2.54. The largest absolute Gasteiger partial charge is 0.327 e. The van der Waals surface area contributed by atoms with Gasteiger partial charge in [-0.15, -0.1) is 0 Å². The summed E-state index contributed by atoms with van der Waals surface area (Å²) in [5.41, 5.74) is 9.24. The Bertz CT molecular complexity index is 478. The molecule has 0 aliphatic heterocycles. The van der Waals surface area contributed by atoms with E-state index in [1.807, 2.05) is 0 Å². The van der Waals surface area contributed by atoms with Gasteiger partial charge in [-0.25, -0.2) is 0 Å². The van der Waals surface area contributed by atoms with Crippen molar-refractivity contribution < 1.29 is 0 Å². The predicted octanol–water partition coefficient (Wildman–Crippen LogP) is 4.16. The van der Waals surface area contributed by atoms with Crippen LogP contribution in [0.3, 0.4) is 0 Å². The Morgan fingerprint density at radius 3 is 2.35 bits per heavy atom. The summed E-state index contributed by atoms with van der Waals surface area (Å²) >= 11 is 0. The lowest BCUT2D eigenvalue weighted by molar-refractivity contribution is -0.112. The number of nitrogens with two attached hydrogens (primary N) is 1. The maximum Gasteiger partial charge on any atom is 0.0137 e. The smallest absolute Gasteiger partial charge is 0.0137 e. The molecule has 3 unspecified atom stereocenters. The molecule has 4 saturated carbocycles. The first-order valence-corrected chi connectivity index (χ1v) is 8.37. The van der Waals surface area contributed by atoms with Crippen LogP contribution in [0.15, 0.2) is 30.3 Å². The normalized spacial score (nSPS) is 43.7. The molecule has 2 N–H and O–H groups in total. The van der Waals surface area contributed by atoms with Crippen molar-refractivity contribution in [2.24, 2.45) is 28.4 Å². The third-order valence-electron chi connectivity index (χ3n) is 6.48. The zero-order valence-corrected chi connectivity index (χ0v) is 12.6. The topological polar surface area (TPSA) is 26.0 Å². The van der Waals surface area contributed by atoms with Gasteiger partial charge in [0.05, 0.1) is 0 Å². The van der Waals surface area contributed by atoms with Gasteiger partial charge in [-0.2, -0.15) is 0 Å². The Balaban J connectivity index is 1.58. The lowest BCUT2D eigenvalue weighted by Gasteiger charge is -2.63. The molecule has 0 amide bonds. The van der Waals surface area contributed by atoms with E-state index in [0.29, 0.717) is 16.9 Å². The number of hydrogen-bond donors (Lipinski definition) is 1. The monoisotopic (exact) mass is 269 g/mol. The second kappa shape index (κ2) is 4.34. The van der Waals surface area contributed by atoms with E-state index in [1.165, 1.54) is 44.1 Å². The van der Waals surface area contributed by atoms with E-state index < -0.39 is 0 Å². The zero-order valence-electron chi connectivity index (χ0n) is 12.6. The molecule has 108 valence electrons. The molecule has 3 atom stereocenters. The van der Waals surface area contributed by atoms with E-state index in [-0.39, 0.29) is 0 Å². The summed E-state index contributed by atoms with van der Waals surface area (Å²) < 4.78 is 0. The van der Waals surface area contributed by atoms with Crippen molar-refractivity contribution in [3.8, 4) is 0 Å². The Hall–Kier alpha value is -0.820. The average molecular weight is 269 g/mol. The van der Waals surface area contributed by atoms with Crippen LogP contribution in [-0.2, 0) is 6.42 Å². The minimum atomic E-state index is 0.357. The summed E-state index contributed by atoms with van der Waals surface area (Å²) in [4.78, 5) is 0. The molecule has 0 heterocycles. The third-order valence-corrected chi connectivity index (χ3v) is 6.48. The molecule has 4 aliphatic rings. The van der Waals surface area contributed by atoms with E-state index in [9.17, 15) is 0 Å². The minimum Gasteiger partial charge on any atom is -0.327 e. The van der Waals surface area contributed by atoms with Gasteiger partial charge in [0.1, 0.15) is 0 Å². The molecular formula is C19H27N. The van der Waals surface area contributed by atoms with Crippen molar-refractivity contribution in [2.45, 2.75) is 57.9 Å².